The third-order valence-corrected chi connectivity index (χ3v) is 7.35. The number of urea groups is 1. The Hall–Kier alpha value is -2.37. The van der Waals surface area contributed by atoms with Crippen LogP contribution < -0.4 is 5.32 Å². The molecule has 0 unspecified atom stereocenters. The summed E-state index contributed by atoms with van der Waals surface area (Å²) in [7, 11) is 0. The van der Waals surface area contributed by atoms with Crippen molar-refractivity contribution in [3.05, 3.63) is 29.3 Å². The highest BCUT2D eigenvalue weighted by Crippen LogP contribution is 2.40. The van der Waals surface area contributed by atoms with E-state index < -0.39 is 5.54 Å². The van der Waals surface area contributed by atoms with Crippen LogP contribution >= 0.6 is 0 Å². The standard InChI is InChI=1S/C27H41N3O3/c1-4-7-8-9-13-19-30-26(33)29(25(32)27(30)17-11-10-12-18-27)20-23(31)28-24-21(5-2)15-14-16-22(24)6-3/h14-16H,4-13,17-20H2,1-3H3,(H,28,31). The quantitative estimate of drug-likeness (QED) is 0.344. The molecule has 6 nitrogen and oxygen atoms in total. The van der Waals surface area contributed by atoms with Gasteiger partial charge in [-0.2, -0.15) is 0 Å². The molecular formula is C27H41N3O3. The summed E-state index contributed by atoms with van der Waals surface area (Å²) in [5.74, 6) is -0.474. The summed E-state index contributed by atoms with van der Waals surface area (Å²) in [5.41, 5.74) is 2.22. The van der Waals surface area contributed by atoms with Crippen molar-refractivity contribution >= 4 is 23.5 Å². The second kappa shape index (κ2) is 11.7. The van der Waals surface area contributed by atoms with E-state index in [2.05, 4.69) is 26.1 Å². The van der Waals surface area contributed by atoms with Crippen LogP contribution in [0.15, 0.2) is 18.2 Å². The first kappa shape index (κ1) is 25.3. The van der Waals surface area contributed by atoms with Gasteiger partial charge in [-0.25, -0.2) is 4.79 Å². The number of benzene rings is 1. The molecule has 1 aliphatic heterocycles. The first-order chi connectivity index (χ1) is 16.0. The normalized spacial score (nSPS) is 17.8. The van der Waals surface area contributed by atoms with E-state index in [9.17, 15) is 14.4 Å². The number of carbonyl (C=O) groups excluding carboxylic acids is 3. The molecule has 2 aliphatic rings. The highest BCUT2D eigenvalue weighted by atomic mass is 16.2. The number of anilines is 1. The molecule has 1 saturated carbocycles. The van der Waals surface area contributed by atoms with Crippen molar-refractivity contribution < 1.29 is 14.4 Å². The summed E-state index contributed by atoms with van der Waals surface area (Å²) in [6.07, 6.45) is 11.5. The number of nitrogens with one attached hydrogen (secondary N) is 1. The Morgan fingerprint density at radius 3 is 2.18 bits per heavy atom. The Balaban J connectivity index is 1.74. The van der Waals surface area contributed by atoms with E-state index in [0.29, 0.717) is 19.4 Å². The number of rotatable bonds is 11. The van der Waals surface area contributed by atoms with E-state index in [0.717, 1.165) is 68.2 Å². The zero-order valence-electron chi connectivity index (χ0n) is 20.8. The topological polar surface area (TPSA) is 69.7 Å². The van der Waals surface area contributed by atoms with Gasteiger partial charge in [0.05, 0.1) is 0 Å². The van der Waals surface area contributed by atoms with Crippen molar-refractivity contribution in [2.24, 2.45) is 0 Å². The van der Waals surface area contributed by atoms with Crippen LogP contribution in [0.4, 0.5) is 10.5 Å². The minimum atomic E-state index is -0.740. The molecule has 6 heteroatoms. The highest BCUT2D eigenvalue weighted by molar-refractivity contribution is 6.10. The Bertz CT molecular complexity index is 823. The third-order valence-electron chi connectivity index (χ3n) is 7.35. The summed E-state index contributed by atoms with van der Waals surface area (Å²) in [5, 5.41) is 3.02. The number of aryl methyl sites for hydroxylation is 2. The van der Waals surface area contributed by atoms with Gasteiger partial charge in [0, 0.05) is 12.2 Å². The lowest BCUT2D eigenvalue weighted by Gasteiger charge is -2.38. The van der Waals surface area contributed by atoms with Gasteiger partial charge in [-0.15, -0.1) is 0 Å². The number of para-hydroxylation sites is 1. The summed E-state index contributed by atoms with van der Waals surface area (Å²) >= 11 is 0. The molecule has 0 atom stereocenters. The van der Waals surface area contributed by atoms with Crippen molar-refractivity contribution in [2.75, 3.05) is 18.4 Å². The molecule has 0 bridgehead atoms. The number of unbranched alkanes of at least 4 members (excludes halogenated alkanes) is 4. The zero-order chi connectivity index (χ0) is 23.8. The van der Waals surface area contributed by atoms with Crippen molar-refractivity contribution in [1.29, 1.82) is 0 Å². The molecule has 1 saturated heterocycles. The van der Waals surface area contributed by atoms with E-state index in [1.807, 2.05) is 23.1 Å². The van der Waals surface area contributed by atoms with E-state index >= 15 is 0 Å². The van der Waals surface area contributed by atoms with Crippen molar-refractivity contribution in [3.63, 3.8) is 0 Å². The summed E-state index contributed by atoms with van der Waals surface area (Å²) in [4.78, 5) is 43.0. The Morgan fingerprint density at radius 2 is 1.58 bits per heavy atom. The second-order valence-corrected chi connectivity index (χ2v) is 9.54. The molecule has 1 N–H and O–H groups in total. The van der Waals surface area contributed by atoms with E-state index in [1.165, 1.54) is 17.7 Å². The van der Waals surface area contributed by atoms with Crippen LogP contribution in [0, 0.1) is 0 Å². The summed E-state index contributed by atoms with van der Waals surface area (Å²) in [6, 6.07) is 5.75. The highest BCUT2D eigenvalue weighted by Gasteiger charge is 2.57. The van der Waals surface area contributed by atoms with Gasteiger partial charge in [0.1, 0.15) is 12.1 Å². The Labute approximate surface area is 199 Å². The molecule has 1 aromatic rings. The molecule has 33 heavy (non-hydrogen) atoms. The lowest BCUT2D eigenvalue weighted by molar-refractivity contribution is -0.136. The fourth-order valence-corrected chi connectivity index (χ4v) is 5.45. The summed E-state index contributed by atoms with van der Waals surface area (Å²) < 4.78 is 0. The minimum Gasteiger partial charge on any atom is -0.324 e. The molecule has 0 radical (unpaired) electrons. The molecule has 1 heterocycles. The number of imide groups is 1. The van der Waals surface area contributed by atoms with Crippen LogP contribution in [0.2, 0.25) is 0 Å². The van der Waals surface area contributed by atoms with Crippen LogP contribution in [0.5, 0.6) is 0 Å². The molecule has 2 fully saturated rings. The Kier molecular flexibility index (Phi) is 8.93. The van der Waals surface area contributed by atoms with Gasteiger partial charge in [-0.1, -0.05) is 83.9 Å². The first-order valence-corrected chi connectivity index (χ1v) is 13.0. The van der Waals surface area contributed by atoms with Crippen LogP contribution in [0.1, 0.15) is 96.1 Å². The molecular weight excluding hydrogens is 414 g/mol. The zero-order valence-corrected chi connectivity index (χ0v) is 20.8. The number of nitrogens with zero attached hydrogens (tertiary/aromatic N) is 2. The summed E-state index contributed by atoms with van der Waals surface area (Å²) in [6.45, 7) is 6.69. The first-order valence-electron chi connectivity index (χ1n) is 13.0. The third kappa shape index (κ3) is 5.42. The number of hydrogen-bond acceptors (Lipinski definition) is 3. The van der Waals surface area contributed by atoms with Gasteiger partial charge in [0.2, 0.25) is 5.91 Å². The van der Waals surface area contributed by atoms with Crippen LogP contribution in [0.25, 0.3) is 0 Å². The maximum Gasteiger partial charge on any atom is 0.328 e. The lowest BCUT2D eigenvalue weighted by atomic mass is 9.80. The average molecular weight is 456 g/mol. The van der Waals surface area contributed by atoms with Crippen molar-refractivity contribution in [1.82, 2.24) is 9.80 Å². The number of carbonyl (C=O) groups is 3. The van der Waals surface area contributed by atoms with Crippen LogP contribution in [0.3, 0.4) is 0 Å². The van der Waals surface area contributed by atoms with Crippen molar-refractivity contribution in [2.45, 2.75) is 103 Å². The fourth-order valence-electron chi connectivity index (χ4n) is 5.45. The monoisotopic (exact) mass is 455 g/mol. The molecule has 1 spiro atoms. The van der Waals surface area contributed by atoms with Gasteiger partial charge < -0.3 is 10.2 Å². The number of amides is 4. The molecule has 3 rings (SSSR count). The van der Waals surface area contributed by atoms with Crippen LogP contribution in [-0.2, 0) is 22.4 Å². The predicted octanol–water partition coefficient (Wildman–Crippen LogP) is 5.69. The van der Waals surface area contributed by atoms with Gasteiger partial charge in [-0.3, -0.25) is 14.5 Å². The fraction of sp³-hybridized carbons (Fsp3) is 0.667. The lowest BCUT2D eigenvalue weighted by Crippen LogP contribution is -2.51. The maximum atomic E-state index is 13.6. The number of hydrogen-bond donors (Lipinski definition) is 1. The molecule has 1 aromatic carbocycles. The maximum absolute atomic E-state index is 13.6. The van der Waals surface area contributed by atoms with Gasteiger partial charge in [0.15, 0.2) is 0 Å². The van der Waals surface area contributed by atoms with E-state index in [1.54, 1.807) is 0 Å². The average Bonchev–Trinajstić information content (AvgIpc) is 3.00. The Morgan fingerprint density at radius 1 is 0.939 bits per heavy atom. The van der Waals surface area contributed by atoms with E-state index in [-0.39, 0.29) is 24.4 Å². The van der Waals surface area contributed by atoms with E-state index in [4.69, 9.17) is 0 Å². The molecule has 1 aliphatic carbocycles. The van der Waals surface area contributed by atoms with Crippen molar-refractivity contribution in [3.8, 4) is 0 Å². The van der Waals surface area contributed by atoms with Crippen LogP contribution in [-0.4, -0.2) is 46.3 Å². The predicted molar refractivity (Wildman–Crippen MR) is 132 cm³/mol. The SMILES string of the molecule is CCCCCCCN1C(=O)N(CC(=O)Nc2c(CC)cccc2CC)C(=O)C12CCCCC2. The molecule has 0 aromatic heterocycles. The smallest absolute Gasteiger partial charge is 0.324 e. The largest absolute Gasteiger partial charge is 0.328 e. The molecule has 4 amide bonds. The minimum absolute atomic E-state index is 0.171. The second-order valence-electron chi connectivity index (χ2n) is 9.54. The van der Waals surface area contributed by atoms with Gasteiger partial charge >= 0.3 is 6.03 Å². The van der Waals surface area contributed by atoms with Gasteiger partial charge in [0.25, 0.3) is 5.91 Å². The molecule has 182 valence electrons. The van der Waals surface area contributed by atoms with Gasteiger partial charge in [-0.05, 0) is 43.2 Å².